The number of hydrogen-bond acceptors (Lipinski definition) is 8. The number of nitrogens with zero attached hydrogens (tertiary/aromatic N) is 3. The Morgan fingerprint density at radius 1 is 0.977 bits per heavy atom. The molecule has 2 N–H and O–H groups in total. The lowest BCUT2D eigenvalue weighted by molar-refractivity contribution is 0.270. The standard InChI is InChI=1S/C32H50N4O6S/c1-8-13-15-24(10-3)21-36(22-25(11-4)16-14-9-2)43(39,40)27-19-17-26(18-20-27)34-35-29-30(41-7)28(23(6)42-12-5)31(37)33-32(29)38/h17-20,24-25H,6,8-16,21-22H2,1-5,7H3,(H2,33,37,38). The number of rotatable bonds is 20. The Bertz CT molecular complexity index is 1340. The third kappa shape index (κ3) is 9.92. The number of hydrogen-bond donors (Lipinski definition) is 2. The molecule has 1 aromatic heterocycles. The van der Waals surface area contributed by atoms with Crippen LogP contribution < -0.4 is 10.3 Å². The summed E-state index contributed by atoms with van der Waals surface area (Å²) in [6.45, 7) is 15.4. The minimum atomic E-state index is -3.75. The Morgan fingerprint density at radius 2 is 1.53 bits per heavy atom. The van der Waals surface area contributed by atoms with Gasteiger partial charge < -0.3 is 14.6 Å². The predicted molar refractivity (Wildman–Crippen MR) is 172 cm³/mol. The number of sulfonamides is 1. The van der Waals surface area contributed by atoms with E-state index in [2.05, 4.69) is 49.5 Å². The Balaban J connectivity index is 2.41. The molecule has 2 rings (SSSR count). The molecule has 0 spiro atoms. The lowest BCUT2D eigenvalue weighted by Crippen LogP contribution is -2.39. The van der Waals surface area contributed by atoms with Crippen LogP contribution in [0.1, 0.15) is 91.5 Å². The van der Waals surface area contributed by atoms with Crippen molar-refractivity contribution in [3.8, 4) is 11.6 Å². The molecule has 0 fully saturated rings. The highest BCUT2D eigenvalue weighted by molar-refractivity contribution is 7.89. The molecule has 43 heavy (non-hydrogen) atoms. The molecule has 11 heteroatoms. The highest BCUT2D eigenvalue weighted by Crippen LogP contribution is 2.38. The molecule has 0 aliphatic heterocycles. The highest BCUT2D eigenvalue weighted by atomic mass is 32.2. The molecule has 0 saturated heterocycles. The van der Waals surface area contributed by atoms with E-state index in [9.17, 15) is 18.3 Å². The largest absolute Gasteiger partial charge is 0.494 e. The summed E-state index contributed by atoms with van der Waals surface area (Å²) in [5, 5.41) is 18.5. The van der Waals surface area contributed by atoms with Gasteiger partial charge in [-0.1, -0.05) is 72.8 Å². The van der Waals surface area contributed by atoms with Crippen molar-refractivity contribution in [2.75, 3.05) is 26.8 Å². The zero-order valence-electron chi connectivity index (χ0n) is 26.7. The lowest BCUT2D eigenvalue weighted by atomic mass is 9.97. The highest BCUT2D eigenvalue weighted by Gasteiger charge is 2.29. The molecule has 2 unspecified atom stereocenters. The van der Waals surface area contributed by atoms with E-state index in [0.29, 0.717) is 37.2 Å². The lowest BCUT2D eigenvalue weighted by Gasteiger charge is -2.30. The van der Waals surface area contributed by atoms with Gasteiger partial charge in [0.25, 0.3) is 5.56 Å². The first kappa shape index (κ1) is 36.0. The quantitative estimate of drug-likeness (QED) is 0.114. The summed E-state index contributed by atoms with van der Waals surface area (Å²) in [7, 11) is -2.42. The number of benzene rings is 1. The molecule has 0 aliphatic rings. The van der Waals surface area contributed by atoms with Gasteiger partial charge >= 0.3 is 0 Å². The topological polar surface area (TPSA) is 134 Å². The summed E-state index contributed by atoms with van der Waals surface area (Å²) in [6, 6.07) is 6.16. The van der Waals surface area contributed by atoms with Gasteiger partial charge in [0.2, 0.25) is 15.9 Å². The van der Waals surface area contributed by atoms with Crippen molar-refractivity contribution < 1.29 is 23.0 Å². The number of ether oxygens (including phenoxy) is 2. The minimum absolute atomic E-state index is 0.0413. The van der Waals surface area contributed by atoms with Crippen LogP contribution in [0.2, 0.25) is 0 Å². The summed E-state index contributed by atoms with van der Waals surface area (Å²) in [5.41, 5.74) is -0.500. The summed E-state index contributed by atoms with van der Waals surface area (Å²) in [6.07, 6.45) is 8.18. The SMILES string of the molecule is C=C(OCC)c1c(O)[nH]c(=O)c(N=Nc2ccc(S(=O)(=O)N(CC(CC)CCCC)CC(CC)CCCC)cc2)c1OC. The maximum atomic E-state index is 14.0. The number of azo groups is 1. The summed E-state index contributed by atoms with van der Waals surface area (Å²) in [4.78, 5) is 15.1. The van der Waals surface area contributed by atoms with Gasteiger partial charge in [-0.15, -0.1) is 5.11 Å². The van der Waals surface area contributed by atoms with E-state index in [1.54, 1.807) is 23.4 Å². The average molecular weight is 619 g/mol. The van der Waals surface area contributed by atoms with E-state index in [1.165, 1.54) is 19.2 Å². The van der Waals surface area contributed by atoms with Crippen LogP contribution in [-0.4, -0.2) is 49.6 Å². The molecule has 1 heterocycles. The Hall–Kier alpha value is -3.18. The second-order valence-electron chi connectivity index (χ2n) is 10.8. The van der Waals surface area contributed by atoms with E-state index in [1.807, 2.05) is 0 Å². The molecule has 0 aliphatic carbocycles. The molecule has 0 radical (unpaired) electrons. The van der Waals surface area contributed by atoms with Crippen LogP contribution in [0.15, 0.2) is 50.8 Å². The smallest absolute Gasteiger partial charge is 0.282 e. The number of aromatic hydroxyl groups is 1. The van der Waals surface area contributed by atoms with Crippen LogP contribution in [0.5, 0.6) is 11.6 Å². The average Bonchev–Trinajstić information content (AvgIpc) is 2.99. The Labute approximate surface area is 257 Å². The molecule has 2 atom stereocenters. The summed E-state index contributed by atoms with van der Waals surface area (Å²) in [5.74, 6) is 0.199. The number of methoxy groups -OCH3 is 1. The Morgan fingerprint density at radius 3 is 2.00 bits per heavy atom. The van der Waals surface area contributed by atoms with Gasteiger partial charge in [0.15, 0.2) is 11.4 Å². The predicted octanol–water partition coefficient (Wildman–Crippen LogP) is 7.94. The van der Waals surface area contributed by atoms with Crippen molar-refractivity contribution >= 4 is 27.2 Å². The summed E-state index contributed by atoms with van der Waals surface area (Å²) >= 11 is 0. The van der Waals surface area contributed by atoms with E-state index < -0.39 is 21.5 Å². The van der Waals surface area contributed by atoms with Crippen molar-refractivity contribution in [1.29, 1.82) is 0 Å². The van der Waals surface area contributed by atoms with Gasteiger partial charge in [-0.25, -0.2) is 8.42 Å². The van der Waals surface area contributed by atoms with Gasteiger partial charge in [0, 0.05) is 13.1 Å². The minimum Gasteiger partial charge on any atom is -0.494 e. The zero-order chi connectivity index (χ0) is 32.0. The van der Waals surface area contributed by atoms with Gasteiger partial charge in [0.1, 0.15) is 11.3 Å². The maximum absolute atomic E-state index is 14.0. The number of nitrogens with one attached hydrogen (secondary N) is 1. The first-order valence-corrected chi connectivity index (χ1v) is 16.9. The molecule has 10 nitrogen and oxygen atoms in total. The number of aromatic nitrogens is 1. The molecule has 1 aromatic carbocycles. The zero-order valence-corrected chi connectivity index (χ0v) is 27.5. The number of H-pyrrole nitrogens is 1. The number of aromatic amines is 1. The molecule has 0 saturated carbocycles. The van der Waals surface area contributed by atoms with Crippen LogP contribution in [-0.2, 0) is 14.8 Å². The van der Waals surface area contributed by atoms with Crippen molar-refractivity contribution in [2.45, 2.75) is 90.9 Å². The second-order valence-corrected chi connectivity index (χ2v) is 12.7. The fraction of sp³-hybridized carbons (Fsp3) is 0.594. The third-order valence-electron chi connectivity index (χ3n) is 7.68. The molecule has 240 valence electrons. The fourth-order valence-electron chi connectivity index (χ4n) is 4.98. The van der Waals surface area contributed by atoms with Gasteiger partial charge in [-0.05, 0) is 55.9 Å². The normalized spacial score (nSPS) is 13.4. The third-order valence-corrected chi connectivity index (χ3v) is 9.52. The van der Waals surface area contributed by atoms with Crippen LogP contribution >= 0.6 is 0 Å². The van der Waals surface area contributed by atoms with Crippen LogP contribution in [0.25, 0.3) is 5.76 Å². The molecule has 0 amide bonds. The first-order valence-electron chi connectivity index (χ1n) is 15.4. The molecular formula is C32H50N4O6S. The van der Waals surface area contributed by atoms with Crippen molar-refractivity contribution in [3.05, 3.63) is 46.8 Å². The van der Waals surface area contributed by atoms with E-state index in [0.717, 1.165) is 51.4 Å². The van der Waals surface area contributed by atoms with E-state index in [-0.39, 0.29) is 27.7 Å². The number of pyridine rings is 1. The van der Waals surface area contributed by atoms with E-state index in [4.69, 9.17) is 9.47 Å². The van der Waals surface area contributed by atoms with Gasteiger partial charge in [-0.2, -0.15) is 9.42 Å². The number of unbranched alkanes of at least 4 members (excludes halogenated alkanes) is 2. The van der Waals surface area contributed by atoms with Crippen molar-refractivity contribution in [2.24, 2.45) is 22.1 Å². The van der Waals surface area contributed by atoms with Gasteiger partial charge in [-0.3, -0.25) is 9.78 Å². The second kappa shape index (κ2) is 17.8. The first-order chi connectivity index (χ1) is 20.6. The summed E-state index contributed by atoms with van der Waals surface area (Å²) < 4.78 is 40.3. The molecule has 2 aromatic rings. The van der Waals surface area contributed by atoms with Crippen LogP contribution in [0.4, 0.5) is 11.4 Å². The van der Waals surface area contributed by atoms with Crippen molar-refractivity contribution in [1.82, 2.24) is 9.29 Å². The van der Waals surface area contributed by atoms with Crippen LogP contribution in [0, 0.1) is 11.8 Å². The maximum Gasteiger partial charge on any atom is 0.282 e. The van der Waals surface area contributed by atoms with Crippen LogP contribution in [0.3, 0.4) is 0 Å². The van der Waals surface area contributed by atoms with E-state index >= 15 is 0 Å². The Kier molecular flexibility index (Phi) is 14.9. The van der Waals surface area contributed by atoms with Crippen molar-refractivity contribution in [3.63, 3.8) is 0 Å². The monoisotopic (exact) mass is 618 g/mol. The molecule has 0 bridgehead atoms. The fourth-order valence-corrected chi connectivity index (χ4v) is 6.57. The molecular weight excluding hydrogens is 568 g/mol. The van der Waals surface area contributed by atoms with Gasteiger partial charge in [0.05, 0.1) is 24.3 Å².